The fraction of sp³-hybridized carbons (Fsp3) is 0.333. The summed E-state index contributed by atoms with van der Waals surface area (Å²) in [5.41, 5.74) is 3.01. The van der Waals surface area contributed by atoms with Crippen molar-refractivity contribution in [3.8, 4) is 5.75 Å². The minimum absolute atomic E-state index is 0.0202. The highest BCUT2D eigenvalue weighted by Crippen LogP contribution is 2.41. The number of nitrogens with zero attached hydrogens (tertiary/aromatic N) is 1. The van der Waals surface area contributed by atoms with Crippen molar-refractivity contribution in [1.82, 2.24) is 10.2 Å². The van der Waals surface area contributed by atoms with Crippen molar-refractivity contribution in [2.45, 2.75) is 63.1 Å². The second kappa shape index (κ2) is 14.3. The van der Waals surface area contributed by atoms with E-state index < -0.39 is 25.9 Å². The van der Waals surface area contributed by atoms with Gasteiger partial charge in [0.15, 0.2) is 8.32 Å². The lowest BCUT2D eigenvalue weighted by Gasteiger charge is -2.52. The molecule has 0 aromatic heterocycles. The second-order valence-corrected chi connectivity index (χ2v) is 18.4. The molecule has 4 aromatic carbocycles. The number of methoxy groups -OCH3 is 1. The lowest BCUT2D eigenvalue weighted by Crippen LogP contribution is -2.75. The number of hydrogen-bond donors (Lipinski definition) is 1. The summed E-state index contributed by atoms with van der Waals surface area (Å²) in [6.45, 7) is 11.2. The molecular weight excluding hydrogens is 605 g/mol. The van der Waals surface area contributed by atoms with Crippen molar-refractivity contribution in [3.05, 3.63) is 138 Å². The number of amides is 1. The summed E-state index contributed by atoms with van der Waals surface area (Å²) in [5.74, 6) is 0.0970. The zero-order valence-electron chi connectivity index (χ0n) is 28.2. The average molecular weight is 651 g/mol. The lowest BCUT2D eigenvalue weighted by molar-refractivity contribution is -0.164. The van der Waals surface area contributed by atoms with Crippen LogP contribution in [0.25, 0.3) is 0 Å². The van der Waals surface area contributed by atoms with Gasteiger partial charge in [-0.2, -0.15) is 0 Å². The van der Waals surface area contributed by atoms with Crippen LogP contribution in [0.4, 0.5) is 0 Å². The van der Waals surface area contributed by atoms with Gasteiger partial charge in [-0.25, -0.2) is 0 Å². The van der Waals surface area contributed by atoms with Crippen LogP contribution in [0.5, 0.6) is 5.75 Å². The highest BCUT2D eigenvalue weighted by molar-refractivity contribution is 6.74. The largest absolute Gasteiger partial charge is 0.497 e. The van der Waals surface area contributed by atoms with Gasteiger partial charge in [0.2, 0.25) is 5.91 Å². The number of rotatable bonds is 13. The van der Waals surface area contributed by atoms with E-state index in [4.69, 9.17) is 13.9 Å². The molecule has 47 heavy (non-hydrogen) atoms. The van der Waals surface area contributed by atoms with Gasteiger partial charge in [0, 0.05) is 0 Å². The van der Waals surface area contributed by atoms with Crippen LogP contribution in [0.2, 0.25) is 18.1 Å². The molecule has 0 aliphatic carbocycles. The van der Waals surface area contributed by atoms with Crippen LogP contribution in [0, 0.1) is 0 Å². The maximum Gasteiger partial charge on any atom is 0.325 e. The SMILES string of the molecule is COc1ccc(COC(=O)CN2C(=O)[C@@H](NC(c3ccccc3)(c3ccccc3)c3ccccc3)[C@H]2CO[Si](C)(C)C(C)(C)C)cc1. The van der Waals surface area contributed by atoms with E-state index in [0.717, 1.165) is 28.0 Å². The highest BCUT2D eigenvalue weighted by Gasteiger charge is 2.53. The molecule has 0 unspecified atom stereocenters. The standard InChI is InChI=1S/C39H46N2O5Si/c1-38(2,3)47(5,6)46-28-34-36(37(43)41(34)26-35(42)45-27-29-22-24-33(44-4)25-23-29)40-39(30-16-10-7-11-17-30,31-18-12-8-13-19-31)32-20-14-9-15-21-32/h7-25,34,36,40H,26-28H2,1-6H3/t34-,36+/m1/s1. The molecule has 1 aliphatic heterocycles. The average Bonchev–Trinajstić information content (AvgIpc) is 3.08. The Morgan fingerprint density at radius 2 is 1.28 bits per heavy atom. The Hall–Kier alpha value is -4.24. The minimum atomic E-state index is -2.18. The van der Waals surface area contributed by atoms with E-state index in [1.807, 2.05) is 78.9 Å². The van der Waals surface area contributed by atoms with Crippen molar-refractivity contribution in [1.29, 1.82) is 0 Å². The van der Waals surface area contributed by atoms with Gasteiger partial charge in [0.05, 0.1) is 25.3 Å². The third-order valence-corrected chi connectivity index (χ3v) is 14.1. The molecular formula is C39H46N2O5Si. The molecule has 2 atom stereocenters. The first-order chi connectivity index (χ1) is 22.5. The molecule has 0 spiro atoms. The van der Waals surface area contributed by atoms with Crippen molar-refractivity contribution < 1.29 is 23.5 Å². The van der Waals surface area contributed by atoms with Crippen molar-refractivity contribution in [2.75, 3.05) is 20.3 Å². The van der Waals surface area contributed by atoms with E-state index in [0.29, 0.717) is 6.61 Å². The lowest BCUT2D eigenvalue weighted by atomic mass is 9.75. The zero-order chi connectivity index (χ0) is 33.7. The monoisotopic (exact) mass is 650 g/mol. The Morgan fingerprint density at radius 3 is 1.72 bits per heavy atom. The van der Waals surface area contributed by atoms with E-state index >= 15 is 0 Å². The number of hydrogen-bond acceptors (Lipinski definition) is 6. The normalized spacial score (nSPS) is 16.8. The molecule has 7 nitrogen and oxygen atoms in total. The summed E-state index contributed by atoms with van der Waals surface area (Å²) in [5, 5.41) is 3.82. The predicted molar refractivity (Wildman–Crippen MR) is 188 cm³/mol. The van der Waals surface area contributed by atoms with Crippen LogP contribution in [0.1, 0.15) is 43.0 Å². The Morgan fingerprint density at radius 1 is 0.787 bits per heavy atom. The molecule has 246 valence electrons. The number of carbonyl (C=O) groups excluding carboxylic acids is 2. The van der Waals surface area contributed by atoms with Crippen molar-refractivity contribution in [2.24, 2.45) is 0 Å². The second-order valence-electron chi connectivity index (χ2n) is 13.6. The third-order valence-electron chi connectivity index (χ3n) is 9.61. The third kappa shape index (κ3) is 7.35. The van der Waals surface area contributed by atoms with E-state index in [-0.39, 0.29) is 30.1 Å². The van der Waals surface area contributed by atoms with E-state index in [1.165, 1.54) is 0 Å². The molecule has 1 amide bonds. The summed E-state index contributed by atoms with van der Waals surface area (Å²) in [6.07, 6.45) is 0. The van der Waals surface area contributed by atoms with Crippen molar-refractivity contribution >= 4 is 20.2 Å². The van der Waals surface area contributed by atoms with Gasteiger partial charge < -0.3 is 18.8 Å². The molecule has 1 heterocycles. The molecule has 1 N–H and O–H groups in total. The smallest absolute Gasteiger partial charge is 0.325 e. The Bertz CT molecular complexity index is 1530. The molecule has 0 radical (unpaired) electrons. The summed E-state index contributed by atoms with van der Waals surface area (Å²) >= 11 is 0. The fourth-order valence-corrected chi connectivity index (χ4v) is 6.79. The minimum Gasteiger partial charge on any atom is -0.497 e. The molecule has 4 aromatic rings. The van der Waals surface area contributed by atoms with Gasteiger partial charge in [0.1, 0.15) is 24.9 Å². The highest BCUT2D eigenvalue weighted by atomic mass is 28.4. The quantitative estimate of drug-likeness (QED) is 0.0733. The summed E-state index contributed by atoms with van der Waals surface area (Å²) in [4.78, 5) is 28.9. The van der Waals surface area contributed by atoms with Crippen LogP contribution in [-0.4, -0.2) is 57.4 Å². The van der Waals surface area contributed by atoms with Gasteiger partial charge in [-0.1, -0.05) is 124 Å². The zero-order valence-corrected chi connectivity index (χ0v) is 29.2. The molecule has 1 saturated heterocycles. The Kier molecular flexibility index (Phi) is 10.3. The number of ether oxygens (including phenoxy) is 2. The summed E-state index contributed by atoms with van der Waals surface area (Å²) in [7, 11) is -0.574. The fourth-order valence-electron chi connectivity index (χ4n) is 5.77. The van der Waals surface area contributed by atoms with Crippen LogP contribution in [-0.2, 0) is 30.9 Å². The molecule has 1 aliphatic rings. The molecule has 1 fully saturated rings. The maximum atomic E-state index is 14.1. The van der Waals surface area contributed by atoms with E-state index in [1.54, 1.807) is 12.0 Å². The number of esters is 1. The van der Waals surface area contributed by atoms with Crippen LogP contribution in [0.3, 0.4) is 0 Å². The number of carbonyl (C=O) groups is 2. The van der Waals surface area contributed by atoms with Gasteiger partial charge in [-0.05, 0) is 52.5 Å². The van der Waals surface area contributed by atoms with Gasteiger partial charge >= 0.3 is 5.97 Å². The van der Waals surface area contributed by atoms with E-state index in [2.05, 4.69) is 75.6 Å². The molecule has 0 saturated carbocycles. The van der Waals surface area contributed by atoms with Crippen LogP contribution in [0.15, 0.2) is 115 Å². The molecule has 0 bridgehead atoms. The van der Waals surface area contributed by atoms with Gasteiger partial charge in [0.25, 0.3) is 0 Å². The van der Waals surface area contributed by atoms with E-state index in [9.17, 15) is 9.59 Å². The first-order valence-electron chi connectivity index (χ1n) is 16.1. The predicted octanol–water partition coefficient (Wildman–Crippen LogP) is 6.92. The first kappa shape index (κ1) is 34.1. The maximum absolute atomic E-state index is 14.1. The van der Waals surface area contributed by atoms with Crippen molar-refractivity contribution in [3.63, 3.8) is 0 Å². The summed E-state index contributed by atoms with van der Waals surface area (Å²) in [6, 6.07) is 37.0. The summed E-state index contributed by atoms with van der Waals surface area (Å²) < 4.78 is 17.6. The van der Waals surface area contributed by atoms with Crippen LogP contribution >= 0.6 is 0 Å². The number of β-lactam (4-membered cyclic amide) rings is 1. The number of benzene rings is 4. The number of likely N-dealkylation sites (tertiary alicyclic amines) is 1. The van der Waals surface area contributed by atoms with Gasteiger partial charge in [-0.3, -0.25) is 14.9 Å². The number of nitrogens with one attached hydrogen (secondary N) is 1. The Labute approximate surface area is 280 Å². The van der Waals surface area contributed by atoms with Crippen LogP contribution < -0.4 is 10.1 Å². The first-order valence-corrected chi connectivity index (χ1v) is 19.0. The topological polar surface area (TPSA) is 77.1 Å². The van der Waals surface area contributed by atoms with Gasteiger partial charge in [-0.15, -0.1) is 0 Å². The molecule has 5 rings (SSSR count). The molecule has 8 heteroatoms. The Balaban J connectivity index is 1.47.